The van der Waals surface area contributed by atoms with Crippen LogP contribution in [0.1, 0.15) is 21.1 Å². The number of hydrogen-bond acceptors (Lipinski definition) is 4. The molecule has 2 aromatic carbocycles. The van der Waals surface area contributed by atoms with E-state index in [4.69, 9.17) is 0 Å². The number of carbonyl (C=O) groups excluding carboxylic acids is 1. The monoisotopic (exact) mass is 392 g/mol. The minimum atomic E-state index is -0.327. The van der Waals surface area contributed by atoms with Gasteiger partial charge in [-0.3, -0.25) is 4.79 Å². The molecule has 0 bridgehead atoms. The van der Waals surface area contributed by atoms with Gasteiger partial charge in [0.1, 0.15) is 21.5 Å². The van der Waals surface area contributed by atoms with Crippen molar-refractivity contribution in [1.29, 1.82) is 0 Å². The first-order chi connectivity index (χ1) is 13.5. The van der Waals surface area contributed by atoms with Gasteiger partial charge in [-0.25, -0.2) is 14.1 Å². The van der Waals surface area contributed by atoms with Crippen molar-refractivity contribution < 1.29 is 9.18 Å². The van der Waals surface area contributed by atoms with Crippen LogP contribution in [0.15, 0.2) is 60.7 Å². The van der Waals surface area contributed by atoms with Crippen LogP contribution in [-0.2, 0) is 0 Å². The van der Waals surface area contributed by atoms with Gasteiger partial charge in [-0.15, -0.1) is 11.3 Å². The van der Waals surface area contributed by atoms with Crippen LogP contribution in [0.4, 0.5) is 10.2 Å². The van der Waals surface area contributed by atoms with E-state index in [0.29, 0.717) is 22.1 Å². The topological polar surface area (TPSA) is 59.8 Å². The predicted octanol–water partition coefficient (Wildman–Crippen LogP) is 5.00. The standard InChI is InChI=1S/C21H17FN4OS/c1-13-12-18(26(25-13)17-10-8-16(22)9-11-17)24-20(27)19-14(2)23-21(28-19)15-6-4-3-5-7-15/h3-12H,1-2H3,(H,24,27). The molecule has 0 fully saturated rings. The number of aromatic nitrogens is 3. The zero-order valence-corrected chi connectivity index (χ0v) is 16.1. The van der Waals surface area contributed by atoms with E-state index in [1.807, 2.05) is 44.2 Å². The van der Waals surface area contributed by atoms with Crippen molar-refractivity contribution in [3.05, 3.63) is 82.7 Å². The lowest BCUT2D eigenvalue weighted by Gasteiger charge is -2.08. The van der Waals surface area contributed by atoms with E-state index in [2.05, 4.69) is 15.4 Å². The number of anilines is 1. The second-order valence-corrected chi connectivity index (χ2v) is 7.31. The zero-order chi connectivity index (χ0) is 19.7. The highest BCUT2D eigenvalue weighted by molar-refractivity contribution is 7.17. The lowest BCUT2D eigenvalue weighted by atomic mass is 10.2. The number of thiazole rings is 1. The lowest BCUT2D eigenvalue weighted by molar-refractivity contribution is 0.102. The molecule has 7 heteroatoms. The van der Waals surface area contributed by atoms with Crippen molar-refractivity contribution in [3.8, 4) is 16.3 Å². The quantitative estimate of drug-likeness (QED) is 0.531. The second kappa shape index (κ2) is 7.36. The smallest absolute Gasteiger partial charge is 0.268 e. The summed E-state index contributed by atoms with van der Waals surface area (Å²) in [5.41, 5.74) is 3.05. The van der Waals surface area contributed by atoms with Crippen LogP contribution in [0.3, 0.4) is 0 Å². The van der Waals surface area contributed by atoms with Crippen LogP contribution >= 0.6 is 11.3 Å². The van der Waals surface area contributed by atoms with Crippen LogP contribution in [-0.4, -0.2) is 20.7 Å². The summed E-state index contributed by atoms with van der Waals surface area (Å²) in [6.07, 6.45) is 0. The van der Waals surface area contributed by atoms with Gasteiger partial charge in [0.15, 0.2) is 0 Å². The van der Waals surface area contributed by atoms with E-state index in [1.54, 1.807) is 22.9 Å². The van der Waals surface area contributed by atoms with Crippen molar-refractivity contribution in [2.24, 2.45) is 0 Å². The van der Waals surface area contributed by atoms with E-state index in [-0.39, 0.29) is 11.7 Å². The first-order valence-electron chi connectivity index (χ1n) is 8.68. The maximum atomic E-state index is 13.2. The zero-order valence-electron chi connectivity index (χ0n) is 15.3. The summed E-state index contributed by atoms with van der Waals surface area (Å²) < 4.78 is 14.8. The van der Waals surface area contributed by atoms with Gasteiger partial charge in [0, 0.05) is 11.6 Å². The Labute approximate surface area is 165 Å². The number of rotatable bonds is 4. The molecule has 4 rings (SSSR count). The van der Waals surface area contributed by atoms with Crippen LogP contribution in [0.25, 0.3) is 16.3 Å². The van der Waals surface area contributed by atoms with Crippen molar-refractivity contribution in [3.63, 3.8) is 0 Å². The first kappa shape index (κ1) is 18.1. The van der Waals surface area contributed by atoms with E-state index < -0.39 is 0 Å². The highest BCUT2D eigenvalue weighted by Crippen LogP contribution is 2.28. The van der Waals surface area contributed by atoms with Gasteiger partial charge in [0.2, 0.25) is 0 Å². The Balaban J connectivity index is 1.63. The molecule has 0 spiro atoms. The highest BCUT2D eigenvalue weighted by Gasteiger charge is 2.18. The molecular weight excluding hydrogens is 375 g/mol. The Kier molecular flexibility index (Phi) is 4.75. The fraction of sp³-hybridized carbons (Fsp3) is 0.0952. The fourth-order valence-electron chi connectivity index (χ4n) is 2.85. The molecule has 28 heavy (non-hydrogen) atoms. The Morgan fingerprint density at radius 3 is 2.50 bits per heavy atom. The molecule has 0 aliphatic rings. The number of halogens is 1. The molecule has 140 valence electrons. The third-order valence-electron chi connectivity index (χ3n) is 4.17. The van der Waals surface area contributed by atoms with E-state index in [1.165, 1.54) is 23.5 Å². The Bertz CT molecular complexity index is 1130. The summed E-state index contributed by atoms with van der Waals surface area (Å²) in [5, 5.41) is 8.10. The minimum absolute atomic E-state index is 0.250. The predicted molar refractivity (Wildman–Crippen MR) is 108 cm³/mol. The molecule has 5 nitrogen and oxygen atoms in total. The Morgan fingerprint density at radius 2 is 1.79 bits per heavy atom. The molecule has 0 radical (unpaired) electrons. The Morgan fingerprint density at radius 1 is 1.07 bits per heavy atom. The third kappa shape index (κ3) is 3.57. The van der Waals surface area contributed by atoms with Crippen molar-refractivity contribution in [2.75, 3.05) is 5.32 Å². The summed E-state index contributed by atoms with van der Waals surface area (Å²) >= 11 is 1.35. The fourth-order valence-corrected chi connectivity index (χ4v) is 3.82. The number of carbonyl (C=O) groups is 1. The molecule has 1 amide bonds. The van der Waals surface area contributed by atoms with Crippen LogP contribution in [0, 0.1) is 19.7 Å². The average Bonchev–Trinajstić information content (AvgIpc) is 3.26. The van der Waals surface area contributed by atoms with Crippen LogP contribution in [0.2, 0.25) is 0 Å². The molecular formula is C21H17FN4OS. The summed E-state index contributed by atoms with van der Waals surface area (Å²) in [7, 11) is 0. The number of benzene rings is 2. The van der Waals surface area contributed by atoms with Crippen molar-refractivity contribution in [1.82, 2.24) is 14.8 Å². The SMILES string of the molecule is Cc1cc(NC(=O)c2sc(-c3ccccc3)nc2C)n(-c2ccc(F)cc2)n1. The molecule has 2 aromatic heterocycles. The van der Waals surface area contributed by atoms with Gasteiger partial charge in [-0.1, -0.05) is 30.3 Å². The maximum absolute atomic E-state index is 13.2. The first-order valence-corrected chi connectivity index (χ1v) is 9.50. The number of nitrogens with one attached hydrogen (secondary N) is 1. The van der Waals surface area contributed by atoms with Gasteiger partial charge in [-0.2, -0.15) is 5.10 Å². The summed E-state index contributed by atoms with van der Waals surface area (Å²) in [6.45, 7) is 3.65. The summed E-state index contributed by atoms with van der Waals surface area (Å²) in [5.74, 6) is -0.0597. The molecule has 1 N–H and O–H groups in total. The molecule has 0 aliphatic carbocycles. The number of nitrogens with zero attached hydrogens (tertiary/aromatic N) is 3. The summed E-state index contributed by atoms with van der Waals surface area (Å²) in [6, 6.07) is 17.5. The van der Waals surface area contributed by atoms with Gasteiger partial charge >= 0.3 is 0 Å². The van der Waals surface area contributed by atoms with E-state index in [0.717, 1.165) is 16.3 Å². The molecule has 0 atom stereocenters. The third-order valence-corrected chi connectivity index (χ3v) is 5.37. The minimum Gasteiger partial charge on any atom is -0.306 e. The molecule has 4 aromatic rings. The largest absolute Gasteiger partial charge is 0.306 e. The van der Waals surface area contributed by atoms with Gasteiger partial charge in [-0.05, 0) is 38.1 Å². The molecule has 2 heterocycles. The number of amides is 1. The van der Waals surface area contributed by atoms with E-state index in [9.17, 15) is 9.18 Å². The van der Waals surface area contributed by atoms with Gasteiger partial charge in [0.25, 0.3) is 5.91 Å². The van der Waals surface area contributed by atoms with E-state index >= 15 is 0 Å². The normalized spacial score (nSPS) is 10.8. The molecule has 0 aliphatic heterocycles. The molecule has 0 saturated heterocycles. The summed E-state index contributed by atoms with van der Waals surface area (Å²) in [4.78, 5) is 18.0. The average molecular weight is 392 g/mol. The van der Waals surface area contributed by atoms with Gasteiger partial charge < -0.3 is 5.32 Å². The lowest BCUT2D eigenvalue weighted by Crippen LogP contribution is -2.15. The molecule has 0 saturated carbocycles. The number of aryl methyl sites for hydroxylation is 2. The van der Waals surface area contributed by atoms with Crippen molar-refractivity contribution in [2.45, 2.75) is 13.8 Å². The number of hydrogen-bond donors (Lipinski definition) is 1. The van der Waals surface area contributed by atoms with Crippen molar-refractivity contribution >= 4 is 23.1 Å². The second-order valence-electron chi connectivity index (χ2n) is 6.31. The van der Waals surface area contributed by atoms with Crippen LogP contribution < -0.4 is 5.32 Å². The maximum Gasteiger partial charge on any atom is 0.268 e. The van der Waals surface area contributed by atoms with Gasteiger partial charge in [0.05, 0.1) is 17.1 Å². The Hall–Kier alpha value is -3.32. The molecule has 0 unspecified atom stereocenters. The van der Waals surface area contributed by atoms with Crippen LogP contribution in [0.5, 0.6) is 0 Å². The highest BCUT2D eigenvalue weighted by atomic mass is 32.1.